The Morgan fingerprint density at radius 1 is 1.07 bits per heavy atom. The van der Waals surface area contributed by atoms with Gasteiger partial charge in [-0.15, -0.1) is 0 Å². The van der Waals surface area contributed by atoms with Gasteiger partial charge in [0.25, 0.3) is 0 Å². The highest BCUT2D eigenvalue weighted by Crippen LogP contribution is 2.25. The molecule has 0 amide bonds. The summed E-state index contributed by atoms with van der Waals surface area (Å²) in [5, 5.41) is 0.966. The van der Waals surface area contributed by atoms with Crippen molar-refractivity contribution in [1.82, 2.24) is 9.55 Å². The van der Waals surface area contributed by atoms with Crippen LogP contribution in [0.2, 0.25) is 10.2 Å². The average Bonchev–Trinajstić information content (AvgIpc) is 2.99. The summed E-state index contributed by atoms with van der Waals surface area (Å²) in [6.45, 7) is 2.33. The average molecular weight is 427 g/mol. The molecule has 4 nitrogen and oxygen atoms in total. The molecule has 0 unspecified atom stereocenters. The fraction of sp³-hybridized carbons (Fsp3) is 0.130. The Hall–Kier alpha value is -2.82. The fourth-order valence-corrected chi connectivity index (χ4v) is 3.38. The van der Waals surface area contributed by atoms with Crippen molar-refractivity contribution in [3.8, 4) is 0 Å². The smallest absolute Gasteiger partial charge is 0.330 e. The van der Waals surface area contributed by atoms with Crippen LogP contribution in [-0.4, -0.2) is 22.6 Å². The van der Waals surface area contributed by atoms with E-state index in [4.69, 9.17) is 23.2 Å². The maximum absolute atomic E-state index is 11.4. The normalized spacial score (nSPS) is 11.4. The quantitative estimate of drug-likeness (QED) is 0.279. The van der Waals surface area contributed by atoms with Gasteiger partial charge in [0.15, 0.2) is 5.15 Å². The van der Waals surface area contributed by atoms with Crippen molar-refractivity contribution in [2.75, 3.05) is 7.11 Å². The van der Waals surface area contributed by atoms with E-state index in [9.17, 15) is 4.79 Å². The topological polar surface area (TPSA) is 44.1 Å². The number of aryl methyl sites for hydroxylation is 1. The predicted molar refractivity (Wildman–Crippen MR) is 119 cm³/mol. The molecule has 3 aromatic rings. The van der Waals surface area contributed by atoms with Gasteiger partial charge in [0.1, 0.15) is 5.82 Å². The number of halogens is 2. The molecule has 0 N–H and O–H groups in total. The Bertz CT molecular complexity index is 1070. The first-order valence-electron chi connectivity index (χ1n) is 8.98. The van der Waals surface area contributed by atoms with Crippen LogP contribution in [0.25, 0.3) is 18.2 Å². The summed E-state index contributed by atoms with van der Waals surface area (Å²) < 4.78 is 6.54. The monoisotopic (exact) mass is 426 g/mol. The molecule has 0 saturated heterocycles. The molecule has 0 aliphatic heterocycles. The maximum atomic E-state index is 11.4. The first-order valence-corrected chi connectivity index (χ1v) is 9.73. The fourth-order valence-electron chi connectivity index (χ4n) is 2.84. The van der Waals surface area contributed by atoms with Crippen molar-refractivity contribution >= 4 is 47.4 Å². The number of esters is 1. The van der Waals surface area contributed by atoms with Gasteiger partial charge in [-0.2, -0.15) is 0 Å². The molecule has 1 heterocycles. The number of hydrogen-bond acceptors (Lipinski definition) is 3. The Morgan fingerprint density at radius 3 is 2.48 bits per heavy atom. The number of methoxy groups -OCH3 is 1. The molecule has 148 valence electrons. The van der Waals surface area contributed by atoms with Crippen LogP contribution in [0.3, 0.4) is 0 Å². The lowest BCUT2D eigenvalue weighted by molar-refractivity contribution is -0.134. The van der Waals surface area contributed by atoms with Gasteiger partial charge in [-0.3, -0.25) is 0 Å². The molecular formula is C23H20Cl2N2O2. The molecule has 0 atom stereocenters. The first kappa shape index (κ1) is 20.9. The SMILES string of the molecule is COC(=O)C=Cc1c(Cl)nc(C)n1Cc1ccc(C=Cc2ccccc2)cc1Cl. The van der Waals surface area contributed by atoms with Crippen molar-refractivity contribution < 1.29 is 9.53 Å². The maximum Gasteiger partial charge on any atom is 0.330 e. The van der Waals surface area contributed by atoms with Crippen molar-refractivity contribution in [2.24, 2.45) is 0 Å². The number of ether oxygens (including phenoxy) is 1. The highest BCUT2D eigenvalue weighted by molar-refractivity contribution is 6.31. The van der Waals surface area contributed by atoms with E-state index in [2.05, 4.69) is 9.72 Å². The number of carbonyl (C=O) groups excluding carboxylic acids is 1. The lowest BCUT2D eigenvalue weighted by atomic mass is 10.1. The summed E-state index contributed by atoms with van der Waals surface area (Å²) in [7, 11) is 1.32. The van der Waals surface area contributed by atoms with E-state index in [1.54, 1.807) is 6.08 Å². The van der Waals surface area contributed by atoms with Gasteiger partial charge in [-0.1, -0.05) is 77.8 Å². The van der Waals surface area contributed by atoms with E-state index in [1.165, 1.54) is 13.2 Å². The number of carbonyl (C=O) groups is 1. The molecule has 0 bridgehead atoms. The first-order chi connectivity index (χ1) is 14.0. The van der Waals surface area contributed by atoms with Crippen molar-refractivity contribution in [1.29, 1.82) is 0 Å². The molecule has 0 radical (unpaired) electrons. The van der Waals surface area contributed by atoms with E-state index < -0.39 is 5.97 Å². The number of hydrogen-bond donors (Lipinski definition) is 0. The second-order valence-electron chi connectivity index (χ2n) is 6.37. The minimum Gasteiger partial charge on any atom is -0.466 e. The Kier molecular flexibility index (Phi) is 6.91. The van der Waals surface area contributed by atoms with Gasteiger partial charge < -0.3 is 9.30 Å². The third kappa shape index (κ3) is 5.37. The molecule has 3 rings (SSSR count). The van der Waals surface area contributed by atoms with E-state index in [-0.39, 0.29) is 0 Å². The van der Waals surface area contributed by atoms with Crippen LogP contribution in [0.5, 0.6) is 0 Å². The van der Waals surface area contributed by atoms with Gasteiger partial charge in [0.2, 0.25) is 0 Å². The minimum absolute atomic E-state index is 0.321. The molecular weight excluding hydrogens is 407 g/mol. The molecule has 0 fully saturated rings. The number of imidazole rings is 1. The molecule has 0 spiro atoms. The lowest BCUT2D eigenvalue weighted by Gasteiger charge is -2.11. The van der Waals surface area contributed by atoms with Crippen LogP contribution in [0, 0.1) is 6.92 Å². The lowest BCUT2D eigenvalue weighted by Crippen LogP contribution is -2.05. The summed E-state index contributed by atoms with van der Waals surface area (Å²) in [5.41, 5.74) is 3.68. The van der Waals surface area contributed by atoms with Crippen LogP contribution in [0.15, 0.2) is 54.6 Å². The third-order valence-corrected chi connectivity index (χ3v) is 5.03. The zero-order valence-electron chi connectivity index (χ0n) is 16.1. The second kappa shape index (κ2) is 9.59. The summed E-state index contributed by atoms with van der Waals surface area (Å²) >= 11 is 12.8. The molecule has 0 aliphatic rings. The predicted octanol–water partition coefficient (Wildman–Crippen LogP) is 5.90. The van der Waals surface area contributed by atoms with Gasteiger partial charge in [0.05, 0.1) is 19.3 Å². The molecule has 6 heteroatoms. The number of rotatable bonds is 6. The molecule has 29 heavy (non-hydrogen) atoms. The van der Waals surface area contributed by atoms with Crippen LogP contribution in [0.4, 0.5) is 0 Å². The van der Waals surface area contributed by atoms with Crippen molar-refractivity contribution in [3.63, 3.8) is 0 Å². The van der Waals surface area contributed by atoms with Crippen molar-refractivity contribution in [2.45, 2.75) is 13.5 Å². The Morgan fingerprint density at radius 2 is 1.79 bits per heavy atom. The summed E-state index contributed by atoms with van der Waals surface area (Å²) in [5.74, 6) is 0.266. The Labute approximate surface area is 180 Å². The van der Waals surface area contributed by atoms with Gasteiger partial charge >= 0.3 is 5.97 Å². The number of benzene rings is 2. The minimum atomic E-state index is -0.459. The Balaban J connectivity index is 1.83. The summed E-state index contributed by atoms with van der Waals surface area (Å²) in [4.78, 5) is 15.7. The van der Waals surface area contributed by atoms with E-state index in [1.807, 2.05) is 72.2 Å². The van der Waals surface area contributed by atoms with Gasteiger partial charge in [-0.25, -0.2) is 9.78 Å². The van der Waals surface area contributed by atoms with Crippen molar-refractivity contribution in [3.05, 3.63) is 93.0 Å². The molecule has 0 aliphatic carbocycles. The van der Waals surface area contributed by atoms with Crippen LogP contribution in [0.1, 0.15) is 28.2 Å². The van der Waals surface area contributed by atoms with E-state index in [0.29, 0.717) is 22.4 Å². The second-order valence-corrected chi connectivity index (χ2v) is 7.14. The standard InChI is InChI=1S/C23H20Cl2N2O2/c1-16-26-23(25)21(12-13-22(28)29-2)27(16)15-19-11-10-18(14-20(19)24)9-8-17-6-4-3-5-7-17/h3-14H,15H2,1-2H3. The van der Waals surface area contributed by atoms with E-state index in [0.717, 1.165) is 22.5 Å². The van der Waals surface area contributed by atoms with Gasteiger partial charge in [-0.05, 0) is 35.8 Å². The number of nitrogens with zero attached hydrogens (tertiary/aromatic N) is 2. The summed E-state index contributed by atoms with van der Waals surface area (Å²) in [6.07, 6.45) is 6.98. The number of aromatic nitrogens is 2. The largest absolute Gasteiger partial charge is 0.466 e. The molecule has 2 aromatic carbocycles. The highest BCUT2D eigenvalue weighted by Gasteiger charge is 2.13. The zero-order chi connectivity index (χ0) is 20.8. The summed E-state index contributed by atoms with van der Waals surface area (Å²) in [6, 6.07) is 16.0. The molecule has 0 saturated carbocycles. The zero-order valence-corrected chi connectivity index (χ0v) is 17.6. The van der Waals surface area contributed by atoms with Crippen LogP contribution < -0.4 is 0 Å². The van der Waals surface area contributed by atoms with Gasteiger partial charge in [0, 0.05) is 11.1 Å². The van der Waals surface area contributed by atoms with Crippen LogP contribution >= 0.6 is 23.2 Å². The highest BCUT2D eigenvalue weighted by atomic mass is 35.5. The van der Waals surface area contributed by atoms with Crippen LogP contribution in [-0.2, 0) is 16.1 Å². The third-order valence-electron chi connectivity index (χ3n) is 4.40. The molecule has 1 aromatic heterocycles. The van der Waals surface area contributed by atoms with E-state index >= 15 is 0 Å².